The van der Waals surface area contributed by atoms with Crippen molar-refractivity contribution in [3.05, 3.63) is 58.0 Å². The lowest BCUT2D eigenvalue weighted by Gasteiger charge is -2.36. The van der Waals surface area contributed by atoms with Gasteiger partial charge in [0.2, 0.25) is 5.43 Å². The van der Waals surface area contributed by atoms with Crippen LogP contribution in [0.3, 0.4) is 0 Å². The summed E-state index contributed by atoms with van der Waals surface area (Å²) in [5, 5.41) is 9.46. The van der Waals surface area contributed by atoms with Crippen LogP contribution in [0.1, 0.15) is 11.3 Å². The average Bonchev–Trinajstić information content (AvgIpc) is 2.53. The predicted molar refractivity (Wildman–Crippen MR) is 92.0 cm³/mol. The molecule has 5 heteroatoms. The second kappa shape index (κ2) is 6.46. The Morgan fingerprint density at radius 3 is 2.57 bits per heavy atom. The number of benzene rings is 1. The maximum absolute atomic E-state index is 11.6. The van der Waals surface area contributed by atoms with E-state index in [1.54, 1.807) is 0 Å². The fraction of sp³-hybridized carbons (Fsp3) is 0.389. The normalized spacial score (nSPS) is 15.8. The summed E-state index contributed by atoms with van der Waals surface area (Å²) in [6, 6.07) is 10.1. The van der Waals surface area contributed by atoms with Crippen LogP contribution in [-0.4, -0.2) is 40.8 Å². The second-order valence-corrected chi connectivity index (χ2v) is 6.23. The van der Waals surface area contributed by atoms with Crippen LogP contribution in [0.4, 0.5) is 5.69 Å². The summed E-state index contributed by atoms with van der Waals surface area (Å²) in [4.78, 5) is 16.4. The van der Waals surface area contributed by atoms with Crippen LogP contribution >= 0.6 is 0 Å². The monoisotopic (exact) mass is 313 g/mol. The quantitative estimate of drug-likeness (QED) is 0.937. The van der Waals surface area contributed by atoms with E-state index in [0.717, 1.165) is 38.4 Å². The van der Waals surface area contributed by atoms with Crippen molar-refractivity contribution in [3.63, 3.8) is 0 Å². The van der Waals surface area contributed by atoms with Gasteiger partial charge in [0, 0.05) is 63.4 Å². The van der Waals surface area contributed by atoms with Gasteiger partial charge in [0.25, 0.3) is 0 Å². The smallest absolute Gasteiger partial charge is 0.223 e. The van der Waals surface area contributed by atoms with Crippen LogP contribution in [0.15, 0.2) is 41.3 Å². The van der Waals surface area contributed by atoms with Gasteiger partial charge in [0.05, 0.1) is 0 Å². The number of rotatable bonds is 3. The fourth-order valence-corrected chi connectivity index (χ4v) is 3.03. The first-order valence-electron chi connectivity index (χ1n) is 7.95. The Balaban J connectivity index is 1.63. The number of aryl methyl sites for hydroxylation is 2. The molecule has 2 aromatic rings. The van der Waals surface area contributed by atoms with E-state index in [-0.39, 0.29) is 11.2 Å². The predicted octanol–water partition coefficient (Wildman–Crippen LogP) is 1.72. The molecule has 1 aliphatic rings. The molecule has 3 rings (SSSR count). The molecule has 0 unspecified atom stereocenters. The molecule has 1 aromatic heterocycles. The van der Waals surface area contributed by atoms with Crippen molar-refractivity contribution >= 4 is 5.69 Å². The minimum Gasteiger partial charge on any atom is -0.503 e. The Kier molecular flexibility index (Phi) is 4.39. The van der Waals surface area contributed by atoms with E-state index < -0.39 is 0 Å². The summed E-state index contributed by atoms with van der Waals surface area (Å²) in [5.41, 5.74) is 3.18. The van der Waals surface area contributed by atoms with Gasteiger partial charge in [-0.05, 0) is 24.6 Å². The van der Waals surface area contributed by atoms with Crippen LogP contribution < -0.4 is 10.3 Å². The van der Waals surface area contributed by atoms with Crippen LogP contribution in [-0.2, 0) is 13.6 Å². The van der Waals surface area contributed by atoms with Crippen molar-refractivity contribution in [3.8, 4) is 5.75 Å². The molecule has 122 valence electrons. The summed E-state index contributed by atoms with van der Waals surface area (Å²) in [6.45, 7) is 6.73. The molecule has 0 bridgehead atoms. The van der Waals surface area contributed by atoms with E-state index in [1.807, 2.05) is 11.6 Å². The number of aromatic hydroxyl groups is 1. The summed E-state index contributed by atoms with van der Waals surface area (Å²) in [6.07, 6.45) is 1.49. The average molecular weight is 313 g/mol. The third-order valence-corrected chi connectivity index (χ3v) is 4.44. The van der Waals surface area contributed by atoms with Gasteiger partial charge in [0.15, 0.2) is 5.75 Å². The molecule has 0 amide bonds. The standard InChI is InChI=1S/C18H23N3O2/c1-14-4-3-5-15(10-14)21-8-6-20(7-9-21)12-16-11-17(22)18(23)13-19(16)2/h3-5,10-11,13,23H,6-9,12H2,1-2H3. The zero-order valence-corrected chi connectivity index (χ0v) is 13.7. The van der Waals surface area contributed by atoms with Crippen LogP contribution in [0.5, 0.6) is 5.75 Å². The van der Waals surface area contributed by atoms with Crippen molar-refractivity contribution in [1.82, 2.24) is 9.47 Å². The number of piperazine rings is 1. The number of pyridine rings is 1. The van der Waals surface area contributed by atoms with Gasteiger partial charge in [-0.3, -0.25) is 9.69 Å². The topological polar surface area (TPSA) is 48.7 Å². The molecular formula is C18H23N3O2. The number of hydrogen-bond donors (Lipinski definition) is 1. The first-order chi connectivity index (χ1) is 11.0. The lowest BCUT2D eigenvalue weighted by atomic mass is 10.2. The van der Waals surface area contributed by atoms with Crippen molar-refractivity contribution in [2.24, 2.45) is 7.05 Å². The molecule has 2 heterocycles. The summed E-state index contributed by atoms with van der Waals surface area (Å²) >= 11 is 0. The molecule has 23 heavy (non-hydrogen) atoms. The minimum absolute atomic E-state index is 0.194. The third-order valence-electron chi connectivity index (χ3n) is 4.44. The number of anilines is 1. The highest BCUT2D eigenvalue weighted by molar-refractivity contribution is 5.48. The minimum atomic E-state index is -0.309. The maximum Gasteiger partial charge on any atom is 0.223 e. The lowest BCUT2D eigenvalue weighted by Crippen LogP contribution is -2.46. The molecule has 5 nitrogen and oxygen atoms in total. The second-order valence-electron chi connectivity index (χ2n) is 6.23. The van der Waals surface area contributed by atoms with E-state index in [2.05, 4.69) is 41.0 Å². The first kappa shape index (κ1) is 15.6. The highest BCUT2D eigenvalue weighted by Gasteiger charge is 2.18. The molecule has 1 fully saturated rings. The van der Waals surface area contributed by atoms with Crippen LogP contribution in [0, 0.1) is 6.92 Å². The summed E-state index contributed by atoms with van der Waals surface area (Å²) < 4.78 is 1.82. The highest BCUT2D eigenvalue weighted by Crippen LogP contribution is 2.18. The molecule has 0 aliphatic carbocycles. The molecule has 0 radical (unpaired) electrons. The summed E-state index contributed by atoms with van der Waals surface area (Å²) in [5.74, 6) is -0.194. The van der Waals surface area contributed by atoms with Gasteiger partial charge in [0.1, 0.15) is 0 Å². The molecule has 1 N–H and O–H groups in total. The van der Waals surface area contributed by atoms with E-state index in [9.17, 15) is 9.90 Å². The first-order valence-corrected chi connectivity index (χ1v) is 7.95. The Bertz CT molecular complexity index is 746. The van der Waals surface area contributed by atoms with Crippen molar-refractivity contribution in [2.45, 2.75) is 13.5 Å². The molecule has 0 saturated carbocycles. The maximum atomic E-state index is 11.6. The summed E-state index contributed by atoms with van der Waals surface area (Å²) in [7, 11) is 1.86. The number of aromatic nitrogens is 1. The Hall–Kier alpha value is -2.27. The lowest BCUT2D eigenvalue weighted by molar-refractivity contribution is 0.244. The van der Waals surface area contributed by atoms with Gasteiger partial charge >= 0.3 is 0 Å². The third kappa shape index (κ3) is 3.56. The highest BCUT2D eigenvalue weighted by atomic mass is 16.3. The van der Waals surface area contributed by atoms with E-state index in [1.165, 1.54) is 23.5 Å². The molecule has 1 saturated heterocycles. The van der Waals surface area contributed by atoms with E-state index in [4.69, 9.17) is 0 Å². The SMILES string of the molecule is Cc1cccc(N2CCN(Cc3cc(=O)c(O)cn3C)CC2)c1. The Labute approximate surface area is 136 Å². The molecule has 0 spiro atoms. The number of hydrogen-bond acceptors (Lipinski definition) is 4. The molecular weight excluding hydrogens is 290 g/mol. The van der Waals surface area contributed by atoms with Crippen LogP contribution in [0.25, 0.3) is 0 Å². The van der Waals surface area contributed by atoms with Gasteiger partial charge < -0.3 is 14.6 Å². The molecule has 1 aromatic carbocycles. The van der Waals surface area contributed by atoms with E-state index in [0.29, 0.717) is 0 Å². The zero-order valence-electron chi connectivity index (χ0n) is 13.7. The molecule has 1 aliphatic heterocycles. The van der Waals surface area contributed by atoms with Gasteiger partial charge in [-0.2, -0.15) is 0 Å². The van der Waals surface area contributed by atoms with Gasteiger partial charge in [-0.25, -0.2) is 0 Å². The van der Waals surface area contributed by atoms with Crippen molar-refractivity contribution < 1.29 is 5.11 Å². The van der Waals surface area contributed by atoms with Crippen LogP contribution in [0.2, 0.25) is 0 Å². The number of nitrogens with zero attached hydrogens (tertiary/aromatic N) is 3. The van der Waals surface area contributed by atoms with E-state index >= 15 is 0 Å². The largest absolute Gasteiger partial charge is 0.503 e. The van der Waals surface area contributed by atoms with Crippen molar-refractivity contribution in [1.29, 1.82) is 0 Å². The Morgan fingerprint density at radius 2 is 1.87 bits per heavy atom. The fourth-order valence-electron chi connectivity index (χ4n) is 3.03. The van der Waals surface area contributed by atoms with Crippen molar-refractivity contribution in [2.75, 3.05) is 31.1 Å². The zero-order chi connectivity index (χ0) is 16.4. The van der Waals surface area contributed by atoms with Gasteiger partial charge in [-0.15, -0.1) is 0 Å². The molecule has 0 atom stereocenters. The van der Waals surface area contributed by atoms with Gasteiger partial charge in [-0.1, -0.05) is 12.1 Å². The Morgan fingerprint density at radius 1 is 1.13 bits per heavy atom.